The van der Waals surface area contributed by atoms with Gasteiger partial charge in [0.15, 0.2) is 0 Å². The minimum atomic E-state index is -4.81. The largest absolute Gasteiger partial charge is 0.573 e. The Kier molecular flexibility index (Phi) is 7.30. The van der Waals surface area contributed by atoms with Crippen molar-refractivity contribution in [2.24, 2.45) is 0 Å². The minimum absolute atomic E-state index is 0.0669. The van der Waals surface area contributed by atoms with Crippen LogP contribution in [0, 0.1) is 13.8 Å². The van der Waals surface area contributed by atoms with Crippen molar-refractivity contribution in [2.75, 3.05) is 11.5 Å². The SMILES string of the molecule is Cc1noc(C)c1-c1ccc2c(c1)nc(C(C)Cc1ccc(OC(F)(F)F)c(Cl)c1)n2C1CCS(=O)CC1. The number of alkyl halides is 3. The third-order valence-electron chi connectivity index (χ3n) is 6.97. The van der Waals surface area contributed by atoms with Crippen molar-refractivity contribution in [1.82, 2.24) is 14.7 Å². The van der Waals surface area contributed by atoms with Crippen LogP contribution in [0.15, 0.2) is 40.9 Å². The van der Waals surface area contributed by atoms with Gasteiger partial charge in [0.05, 0.1) is 21.7 Å². The Balaban J connectivity index is 1.52. The number of imidazole rings is 1. The highest BCUT2D eigenvalue weighted by Gasteiger charge is 2.32. The van der Waals surface area contributed by atoms with Gasteiger partial charge >= 0.3 is 6.36 Å². The number of fused-ring (bicyclic) bond motifs is 1. The number of rotatable bonds is 6. The predicted molar refractivity (Wildman–Crippen MR) is 141 cm³/mol. The summed E-state index contributed by atoms with van der Waals surface area (Å²) in [4.78, 5) is 5.05. The van der Waals surface area contributed by atoms with E-state index in [1.54, 1.807) is 6.07 Å². The maximum absolute atomic E-state index is 12.6. The number of hydrogen-bond donors (Lipinski definition) is 0. The molecule has 0 N–H and O–H groups in total. The van der Waals surface area contributed by atoms with Crippen LogP contribution in [0.3, 0.4) is 0 Å². The highest BCUT2D eigenvalue weighted by molar-refractivity contribution is 7.85. The lowest BCUT2D eigenvalue weighted by Gasteiger charge is -2.27. The van der Waals surface area contributed by atoms with Crippen molar-refractivity contribution in [3.63, 3.8) is 0 Å². The van der Waals surface area contributed by atoms with Crippen LogP contribution in [0.4, 0.5) is 13.2 Å². The fourth-order valence-electron chi connectivity index (χ4n) is 5.26. The van der Waals surface area contributed by atoms with Gasteiger partial charge in [-0.25, -0.2) is 4.98 Å². The van der Waals surface area contributed by atoms with E-state index in [-0.39, 0.29) is 17.0 Å². The number of hydrogen-bond acceptors (Lipinski definition) is 5. The van der Waals surface area contributed by atoms with Crippen molar-refractivity contribution < 1.29 is 26.6 Å². The van der Waals surface area contributed by atoms with E-state index in [2.05, 4.69) is 20.5 Å². The molecule has 1 aliphatic rings. The van der Waals surface area contributed by atoms with Crippen LogP contribution in [0.2, 0.25) is 5.02 Å². The van der Waals surface area contributed by atoms with E-state index in [4.69, 9.17) is 21.1 Å². The summed E-state index contributed by atoms with van der Waals surface area (Å²) < 4.78 is 61.6. The van der Waals surface area contributed by atoms with Gasteiger partial charge in [-0.1, -0.05) is 35.8 Å². The number of aromatic nitrogens is 3. The Hall–Kier alpha value is -2.85. The van der Waals surface area contributed by atoms with Crippen molar-refractivity contribution in [3.05, 3.63) is 64.3 Å². The molecular weight excluding hydrogens is 539 g/mol. The lowest BCUT2D eigenvalue weighted by Crippen LogP contribution is -2.24. The van der Waals surface area contributed by atoms with Gasteiger partial charge in [0.2, 0.25) is 0 Å². The summed E-state index contributed by atoms with van der Waals surface area (Å²) in [5.74, 6) is 2.41. The summed E-state index contributed by atoms with van der Waals surface area (Å²) in [6.45, 7) is 5.83. The highest BCUT2D eigenvalue weighted by Crippen LogP contribution is 2.37. The van der Waals surface area contributed by atoms with E-state index < -0.39 is 22.9 Å². The van der Waals surface area contributed by atoms with Crippen molar-refractivity contribution in [2.45, 2.75) is 58.4 Å². The third kappa shape index (κ3) is 5.47. The number of aryl methyl sites for hydroxylation is 2. The van der Waals surface area contributed by atoms with Crippen LogP contribution >= 0.6 is 11.6 Å². The van der Waals surface area contributed by atoms with Crippen LogP contribution in [0.5, 0.6) is 5.75 Å². The first-order chi connectivity index (χ1) is 18.0. The molecule has 0 saturated carbocycles. The number of nitrogens with zero attached hydrogens (tertiary/aromatic N) is 3. The van der Waals surface area contributed by atoms with Crippen LogP contribution in [0.1, 0.15) is 54.6 Å². The molecule has 3 heterocycles. The topological polar surface area (TPSA) is 70.2 Å². The average Bonchev–Trinajstić information content (AvgIpc) is 3.39. The zero-order valence-corrected chi connectivity index (χ0v) is 22.7. The van der Waals surface area contributed by atoms with Gasteiger partial charge in [0.25, 0.3) is 0 Å². The molecule has 0 aliphatic carbocycles. The molecule has 0 amide bonds. The fourth-order valence-corrected chi connectivity index (χ4v) is 6.78. The molecule has 0 bridgehead atoms. The van der Waals surface area contributed by atoms with Gasteiger partial charge in [-0.15, -0.1) is 13.2 Å². The fraction of sp³-hybridized carbons (Fsp3) is 0.407. The standard InChI is InChI=1S/C27H27ClF3N3O3S/c1-15(12-18-4-7-24(21(28)13-18)36-27(29,30)31)26-32-22-14-19(25-16(2)33-37-17(25)3)5-6-23(22)34(26)20-8-10-38(35)11-9-20/h4-7,13-15,20H,8-12H2,1-3H3. The van der Waals surface area contributed by atoms with Crippen LogP contribution in [-0.4, -0.2) is 36.8 Å². The zero-order chi connectivity index (χ0) is 27.2. The molecule has 1 fully saturated rings. The quantitative estimate of drug-likeness (QED) is 0.245. The van der Waals surface area contributed by atoms with Crippen molar-refractivity contribution in [3.8, 4) is 16.9 Å². The minimum Gasteiger partial charge on any atom is -0.404 e. The van der Waals surface area contributed by atoms with Crippen LogP contribution < -0.4 is 4.74 Å². The van der Waals surface area contributed by atoms with Gasteiger partial charge in [-0.3, -0.25) is 4.21 Å². The highest BCUT2D eigenvalue weighted by atomic mass is 35.5. The first kappa shape index (κ1) is 26.7. The summed E-state index contributed by atoms with van der Waals surface area (Å²) in [6, 6.07) is 10.6. The second-order valence-electron chi connectivity index (χ2n) is 9.74. The summed E-state index contributed by atoms with van der Waals surface area (Å²) in [5.41, 5.74) is 5.32. The van der Waals surface area contributed by atoms with Crippen LogP contribution in [-0.2, 0) is 17.2 Å². The molecule has 0 radical (unpaired) electrons. The van der Waals surface area contributed by atoms with Gasteiger partial charge in [0.1, 0.15) is 17.3 Å². The number of benzene rings is 2. The van der Waals surface area contributed by atoms with E-state index in [1.165, 1.54) is 12.1 Å². The summed E-state index contributed by atoms with van der Waals surface area (Å²) in [5, 5.41) is 3.97. The van der Waals surface area contributed by atoms with Crippen molar-refractivity contribution >= 4 is 33.4 Å². The third-order valence-corrected chi connectivity index (χ3v) is 8.64. The molecule has 5 rings (SSSR count). The molecule has 4 aromatic rings. The molecule has 11 heteroatoms. The van der Waals surface area contributed by atoms with E-state index in [9.17, 15) is 17.4 Å². The Morgan fingerprint density at radius 1 is 1.18 bits per heavy atom. The van der Waals surface area contributed by atoms with E-state index in [1.807, 2.05) is 32.9 Å². The molecule has 38 heavy (non-hydrogen) atoms. The molecule has 0 spiro atoms. The Bertz CT molecular complexity index is 1490. The van der Waals surface area contributed by atoms with E-state index in [0.717, 1.165) is 57.8 Å². The maximum atomic E-state index is 12.6. The normalized spacial score (nSPS) is 19.1. The first-order valence-electron chi connectivity index (χ1n) is 12.3. The number of ether oxygens (including phenoxy) is 1. The lowest BCUT2D eigenvalue weighted by atomic mass is 9.99. The second kappa shape index (κ2) is 10.4. The Morgan fingerprint density at radius 2 is 1.92 bits per heavy atom. The summed E-state index contributed by atoms with van der Waals surface area (Å²) in [7, 11) is -0.804. The number of halogens is 4. The monoisotopic (exact) mass is 565 g/mol. The summed E-state index contributed by atoms with van der Waals surface area (Å²) in [6.07, 6.45) is -2.71. The van der Waals surface area contributed by atoms with E-state index in [0.29, 0.717) is 17.9 Å². The maximum Gasteiger partial charge on any atom is 0.573 e. The molecule has 1 saturated heterocycles. The predicted octanol–water partition coefficient (Wildman–Crippen LogP) is 7.29. The zero-order valence-electron chi connectivity index (χ0n) is 21.1. The molecule has 2 aromatic heterocycles. The van der Waals surface area contributed by atoms with E-state index >= 15 is 0 Å². The Morgan fingerprint density at radius 3 is 2.55 bits per heavy atom. The van der Waals surface area contributed by atoms with Gasteiger partial charge in [-0.05, 0) is 68.5 Å². The molecule has 2 aromatic carbocycles. The molecular formula is C27H27ClF3N3O3S. The van der Waals surface area contributed by atoms with Gasteiger partial charge < -0.3 is 13.8 Å². The van der Waals surface area contributed by atoms with Gasteiger partial charge in [0, 0.05) is 39.8 Å². The lowest BCUT2D eigenvalue weighted by molar-refractivity contribution is -0.274. The van der Waals surface area contributed by atoms with Crippen LogP contribution in [0.25, 0.3) is 22.2 Å². The molecule has 1 atom stereocenters. The summed E-state index contributed by atoms with van der Waals surface area (Å²) >= 11 is 6.10. The first-order valence-corrected chi connectivity index (χ1v) is 14.2. The second-order valence-corrected chi connectivity index (χ2v) is 11.8. The Labute approximate surface area is 225 Å². The average molecular weight is 566 g/mol. The molecule has 1 aliphatic heterocycles. The smallest absolute Gasteiger partial charge is 0.404 e. The molecule has 1 unspecified atom stereocenters. The van der Waals surface area contributed by atoms with Gasteiger partial charge in [-0.2, -0.15) is 0 Å². The van der Waals surface area contributed by atoms with Crippen molar-refractivity contribution in [1.29, 1.82) is 0 Å². The molecule has 202 valence electrons. The molecule has 6 nitrogen and oxygen atoms in total.